The van der Waals surface area contributed by atoms with Crippen LogP contribution in [0.3, 0.4) is 0 Å². The van der Waals surface area contributed by atoms with E-state index in [4.69, 9.17) is 9.84 Å². The Labute approximate surface area is 204 Å². The molecule has 9 nitrogen and oxygen atoms in total. The van der Waals surface area contributed by atoms with Crippen LogP contribution in [0.5, 0.6) is 5.88 Å². The summed E-state index contributed by atoms with van der Waals surface area (Å²) in [5.74, 6) is -0.729. The van der Waals surface area contributed by atoms with Gasteiger partial charge in [0.15, 0.2) is 0 Å². The fourth-order valence-electron chi connectivity index (χ4n) is 4.73. The van der Waals surface area contributed by atoms with Gasteiger partial charge in [-0.05, 0) is 18.2 Å². The molecule has 0 N–H and O–H groups in total. The summed E-state index contributed by atoms with van der Waals surface area (Å²) in [5, 5.41) is 5.96. The van der Waals surface area contributed by atoms with Crippen LogP contribution in [-0.2, 0) is 32.6 Å². The van der Waals surface area contributed by atoms with Crippen molar-refractivity contribution in [2.75, 3.05) is 19.8 Å². The largest absolute Gasteiger partial charge is 0.534 e. The van der Waals surface area contributed by atoms with Crippen molar-refractivity contribution in [1.29, 1.82) is 0 Å². The summed E-state index contributed by atoms with van der Waals surface area (Å²) in [5.41, 5.74) is -2.26. The summed E-state index contributed by atoms with van der Waals surface area (Å²) >= 11 is 0. The second kappa shape index (κ2) is 9.04. The Morgan fingerprint density at radius 3 is 2.67 bits per heavy atom. The highest BCUT2D eigenvalue weighted by Crippen LogP contribution is 2.37. The molecule has 4 heterocycles. The Morgan fingerprint density at radius 1 is 1.22 bits per heavy atom. The van der Waals surface area contributed by atoms with Crippen molar-refractivity contribution in [3.63, 3.8) is 0 Å². The van der Waals surface area contributed by atoms with E-state index in [1.165, 1.54) is 13.1 Å². The molecule has 13 heteroatoms. The van der Waals surface area contributed by atoms with Crippen LogP contribution in [-0.4, -0.2) is 59.3 Å². The number of carbonyl (C=O) groups excluding carboxylic acids is 1. The molecular weight excluding hydrogens is 501 g/mol. The number of halogens is 3. The molecule has 192 valence electrons. The smallest absolute Gasteiger partial charge is 0.381 e. The summed E-state index contributed by atoms with van der Waals surface area (Å²) in [6.45, 7) is 3.76. The van der Waals surface area contributed by atoms with Crippen molar-refractivity contribution in [2.24, 2.45) is 0 Å². The van der Waals surface area contributed by atoms with Crippen molar-refractivity contribution in [2.45, 2.75) is 44.3 Å². The monoisotopic (exact) mass is 524 g/mol. The predicted molar refractivity (Wildman–Crippen MR) is 122 cm³/mol. The van der Waals surface area contributed by atoms with Gasteiger partial charge in [-0.15, -0.1) is 0 Å². The van der Waals surface area contributed by atoms with Crippen molar-refractivity contribution < 1.29 is 35.3 Å². The molecule has 0 atom stereocenters. The molecular formula is C23H23F3N4O5S. The summed E-state index contributed by atoms with van der Waals surface area (Å²) in [4.78, 5) is 17.7. The zero-order chi connectivity index (χ0) is 25.7. The van der Waals surface area contributed by atoms with Gasteiger partial charge in [-0.25, -0.2) is 4.98 Å². The molecule has 0 radical (unpaired) electrons. The predicted octanol–water partition coefficient (Wildman–Crippen LogP) is 3.58. The zero-order valence-corrected chi connectivity index (χ0v) is 20.1. The molecule has 5 rings (SSSR count). The van der Waals surface area contributed by atoms with E-state index in [1.807, 2.05) is 10.7 Å². The fraction of sp³-hybridized carbons (Fsp3) is 0.435. The molecule has 1 fully saturated rings. The van der Waals surface area contributed by atoms with Crippen LogP contribution in [0.2, 0.25) is 0 Å². The quantitative estimate of drug-likeness (QED) is 0.380. The summed E-state index contributed by atoms with van der Waals surface area (Å²) in [7, 11) is -5.84. The van der Waals surface area contributed by atoms with E-state index in [9.17, 15) is 26.4 Å². The number of nitrogens with zero attached hydrogens (tertiary/aromatic N) is 4. The number of ether oxygens (including phenoxy) is 1. The van der Waals surface area contributed by atoms with Gasteiger partial charge in [-0.3, -0.25) is 9.48 Å². The Kier molecular flexibility index (Phi) is 6.15. The van der Waals surface area contributed by atoms with E-state index in [-0.39, 0.29) is 11.9 Å². The minimum absolute atomic E-state index is 0.0438. The third-order valence-electron chi connectivity index (χ3n) is 6.54. The number of rotatable bonds is 4. The maximum atomic E-state index is 12.7. The standard InChI is InChI=1S/C23H23F3N4O5S/c1-14(31)29-8-5-20-19(13-29)22(28-30(20)16-6-9-34-10-7-16)17-4-2-3-15-11-21(27-12-18(15)17)35-36(32,33)23(24,25)26/h2-4,11-12,16H,5-10,13H2,1H3. The number of hydrogen-bond donors (Lipinski definition) is 0. The number of alkyl halides is 3. The summed E-state index contributed by atoms with van der Waals surface area (Å²) in [6, 6.07) is 6.44. The maximum Gasteiger partial charge on any atom is 0.534 e. The Balaban J connectivity index is 1.60. The molecule has 2 aromatic heterocycles. The highest BCUT2D eigenvalue weighted by molar-refractivity contribution is 7.87. The SMILES string of the molecule is CC(=O)N1CCc2c(c(-c3cccc4cc(OS(=O)(=O)C(F)(F)F)ncc34)nn2C2CCOCC2)C1. The Morgan fingerprint density at radius 2 is 1.97 bits per heavy atom. The number of hydrogen-bond acceptors (Lipinski definition) is 7. The van der Waals surface area contributed by atoms with E-state index >= 15 is 0 Å². The van der Waals surface area contributed by atoms with Gasteiger partial charge in [0, 0.05) is 74.1 Å². The van der Waals surface area contributed by atoms with E-state index < -0.39 is 21.5 Å². The minimum Gasteiger partial charge on any atom is -0.381 e. The first-order valence-electron chi connectivity index (χ1n) is 11.4. The number of carbonyl (C=O) groups is 1. The van der Waals surface area contributed by atoms with Crippen LogP contribution in [0.1, 0.15) is 37.1 Å². The van der Waals surface area contributed by atoms with Crippen molar-refractivity contribution >= 4 is 26.8 Å². The van der Waals surface area contributed by atoms with Gasteiger partial charge in [0.25, 0.3) is 0 Å². The van der Waals surface area contributed by atoms with Gasteiger partial charge in [0.05, 0.1) is 11.7 Å². The second-order valence-corrected chi connectivity index (χ2v) is 10.3. The van der Waals surface area contributed by atoms with Crippen LogP contribution in [0.15, 0.2) is 30.5 Å². The molecule has 1 saturated heterocycles. The molecule has 2 aliphatic heterocycles. The highest BCUT2D eigenvalue weighted by Gasteiger charge is 2.48. The van der Waals surface area contributed by atoms with Crippen molar-refractivity contribution in [3.05, 3.63) is 41.7 Å². The molecule has 36 heavy (non-hydrogen) atoms. The van der Waals surface area contributed by atoms with Crippen LogP contribution in [0.25, 0.3) is 22.0 Å². The highest BCUT2D eigenvalue weighted by atomic mass is 32.2. The molecule has 3 aromatic rings. The lowest BCUT2D eigenvalue weighted by molar-refractivity contribution is -0.129. The third kappa shape index (κ3) is 4.41. The molecule has 0 saturated carbocycles. The van der Waals surface area contributed by atoms with Gasteiger partial charge < -0.3 is 13.8 Å². The molecule has 2 aliphatic rings. The molecule has 0 unspecified atom stereocenters. The van der Waals surface area contributed by atoms with Gasteiger partial charge in [-0.1, -0.05) is 18.2 Å². The van der Waals surface area contributed by atoms with Gasteiger partial charge in [-0.2, -0.15) is 26.7 Å². The molecule has 0 spiro atoms. The fourth-order valence-corrected chi connectivity index (χ4v) is 5.14. The molecule has 1 aromatic carbocycles. The van der Waals surface area contributed by atoms with Crippen molar-refractivity contribution in [1.82, 2.24) is 19.7 Å². The second-order valence-electron chi connectivity index (χ2n) is 8.78. The van der Waals surface area contributed by atoms with E-state index in [0.717, 1.165) is 30.2 Å². The number of aromatic nitrogens is 3. The van der Waals surface area contributed by atoms with E-state index in [1.54, 1.807) is 17.0 Å². The van der Waals surface area contributed by atoms with Gasteiger partial charge >= 0.3 is 15.6 Å². The van der Waals surface area contributed by atoms with Gasteiger partial charge in [0.1, 0.15) is 0 Å². The molecule has 0 bridgehead atoms. The lowest BCUT2D eigenvalue weighted by atomic mass is 9.97. The van der Waals surface area contributed by atoms with Crippen LogP contribution in [0, 0.1) is 0 Å². The third-order valence-corrected chi connectivity index (χ3v) is 7.50. The summed E-state index contributed by atoms with van der Waals surface area (Å²) < 4.78 is 72.7. The zero-order valence-electron chi connectivity index (χ0n) is 19.3. The first kappa shape index (κ1) is 24.5. The lowest BCUT2D eigenvalue weighted by Crippen LogP contribution is -2.35. The number of fused-ring (bicyclic) bond motifs is 2. The number of pyridine rings is 1. The van der Waals surface area contributed by atoms with Gasteiger partial charge in [0.2, 0.25) is 11.8 Å². The topological polar surface area (TPSA) is 104 Å². The number of benzene rings is 1. The first-order chi connectivity index (χ1) is 17.0. The average Bonchev–Trinajstić information content (AvgIpc) is 3.22. The minimum atomic E-state index is -5.84. The lowest BCUT2D eigenvalue weighted by Gasteiger charge is -2.29. The summed E-state index contributed by atoms with van der Waals surface area (Å²) in [6.07, 6.45) is 3.55. The first-order valence-corrected chi connectivity index (χ1v) is 12.8. The van der Waals surface area contributed by atoms with Crippen LogP contribution < -0.4 is 4.18 Å². The Hall–Kier alpha value is -3.19. The average molecular weight is 525 g/mol. The number of amides is 1. The van der Waals surface area contributed by atoms with E-state index in [2.05, 4.69) is 9.17 Å². The maximum absolute atomic E-state index is 12.7. The molecule has 0 aliphatic carbocycles. The van der Waals surface area contributed by atoms with Crippen LogP contribution >= 0.6 is 0 Å². The normalized spacial score (nSPS) is 17.3. The van der Waals surface area contributed by atoms with Crippen LogP contribution in [0.4, 0.5) is 13.2 Å². The van der Waals surface area contributed by atoms with E-state index in [0.29, 0.717) is 54.8 Å². The molecule has 1 amide bonds. The van der Waals surface area contributed by atoms with Crippen molar-refractivity contribution in [3.8, 4) is 17.1 Å². The Bertz CT molecular complexity index is 1430.